The van der Waals surface area contributed by atoms with Gasteiger partial charge in [-0.2, -0.15) is 0 Å². The molecule has 0 radical (unpaired) electrons. The summed E-state index contributed by atoms with van der Waals surface area (Å²) in [7, 11) is 1.52. The molecule has 2 fully saturated rings. The second-order valence-electron chi connectivity index (χ2n) is 4.80. The van der Waals surface area contributed by atoms with Crippen molar-refractivity contribution in [1.82, 2.24) is 0 Å². The predicted molar refractivity (Wildman–Crippen MR) is 61.6 cm³/mol. The van der Waals surface area contributed by atoms with Crippen LogP contribution in [0, 0.1) is 10.8 Å². The van der Waals surface area contributed by atoms with Crippen LogP contribution in [0.1, 0.15) is 59.3 Å². The first kappa shape index (κ1) is 12.5. The fourth-order valence-corrected chi connectivity index (χ4v) is 3.30. The van der Waals surface area contributed by atoms with Gasteiger partial charge in [0.15, 0.2) is 0 Å². The highest BCUT2D eigenvalue weighted by atomic mass is 16.5. The molecule has 0 atom stereocenters. The predicted octanol–water partition coefficient (Wildman–Crippen LogP) is 3.55. The molecule has 0 aromatic carbocycles. The van der Waals surface area contributed by atoms with Crippen LogP contribution in [0.2, 0.25) is 0 Å². The van der Waals surface area contributed by atoms with E-state index in [4.69, 9.17) is 4.74 Å². The summed E-state index contributed by atoms with van der Waals surface area (Å²) >= 11 is 0. The van der Waals surface area contributed by atoms with Crippen LogP contribution in [0.4, 0.5) is 0 Å². The number of ether oxygens (including phenoxy) is 1. The molecule has 0 heterocycles. The van der Waals surface area contributed by atoms with Crippen LogP contribution < -0.4 is 0 Å². The quantitative estimate of drug-likeness (QED) is 0.654. The van der Waals surface area contributed by atoms with Gasteiger partial charge in [0.1, 0.15) is 0 Å². The zero-order valence-electron chi connectivity index (χ0n) is 10.6. The van der Waals surface area contributed by atoms with E-state index in [-0.39, 0.29) is 11.4 Å². The van der Waals surface area contributed by atoms with Gasteiger partial charge in [-0.05, 0) is 37.5 Å². The van der Waals surface area contributed by atoms with Crippen molar-refractivity contribution in [3.63, 3.8) is 0 Å². The number of methoxy groups -OCH3 is 1. The van der Waals surface area contributed by atoms with Crippen LogP contribution in [0.15, 0.2) is 0 Å². The number of hydrogen-bond donors (Lipinski definition) is 0. The van der Waals surface area contributed by atoms with Gasteiger partial charge in [0.2, 0.25) is 0 Å². The molecule has 2 saturated carbocycles. The highest BCUT2D eigenvalue weighted by molar-refractivity contribution is 5.77. The largest absolute Gasteiger partial charge is 0.469 e. The number of rotatable bonds is 2. The van der Waals surface area contributed by atoms with Gasteiger partial charge in [0, 0.05) is 0 Å². The van der Waals surface area contributed by atoms with Crippen molar-refractivity contribution in [2.75, 3.05) is 7.11 Å². The third kappa shape index (κ3) is 1.91. The molecule has 2 aliphatic carbocycles. The highest BCUT2D eigenvalue weighted by Gasteiger charge is 2.57. The summed E-state index contributed by atoms with van der Waals surface area (Å²) in [5.41, 5.74) is 0.416. The third-order valence-electron chi connectivity index (χ3n) is 4.35. The van der Waals surface area contributed by atoms with Crippen molar-refractivity contribution < 1.29 is 9.53 Å². The average Bonchev–Trinajstić information content (AvgIpc) is 2.88. The molecule has 0 saturated heterocycles. The fourth-order valence-electron chi connectivity index (χ4n) is 3.30. The van der Waals surface area contributed by atoms with Crippen molar-refractivity contribution in [3.05, 3.63) is 0 Å². The molecule has 0 aromatic heterocycles. The molecule has 2 bridgehead atoms. The van der Waals surface area contributed by atoms with E-state index in [9.17, 15) is 4.79 Å². The van der Waals surface area contributed by atoms with Crippen molar-refractivity contribution in [1.29, 1.82) is 0 Å². The number of carbonyl (C=O) groups excluding carboxylic acids is 1. The van der Waals surface area contributed by atoms with Crippen molar-refractivity contribution in [3.8, 4) is 0 Å². The molecular weight excluding hydrogens is 188 g/mol. The Morgan fingerprint density at radius 3 is 2.07 bits per heavy atom. The lowest BCUT2D eigenvalue weighted by molar-refractivity contribution is -0.152. The molecule has 0 unspecified atom stereocenters. The van der Waals surface area contributed by atoms with E-state index in [1.54, 1.807) is 0 Å². The molecule has 15 heavy (non-hydrogen) atoms. The van der Waals surface area contributed by atoms with Crippen molar-refractivity contribution in [2.24, 2.45) is 10.8 Å². The minimum atomic E-state index is -0.0786. The molecule has 2 heteroatoms. The molecular formula is C13H24O2. The molecule has 88 valence electrons. The number of hydrogen-bond acceptors (Lipinski definition) is 2. The van der Waals surface area contributed by atoms with Crippen LogP contribution in [-0.4, -0.2) is 13.1 Å². The lowest BCUT2D eigenvalue weighted by Crippen LogP contribution is -2.27. The molecule has 0 aliphatic heterocycles. The van der Waals surface area contributed by atoms with E-state index in [1.165, 1.54) is 26.4 Å². The van der Waals surface area contributed by atoms with E-state index in [2.05, 4.69) is 6.92 Å². The fraction of sp³-hybridized carbons (Fsp3) is 0.923. The van der Waals surface area contributed by atoms with Gasteiger partial charge in [0.05, 0.1) is 12.5 Å². The van der Waals surface area contributed by atoms with Crippen LogP contribution in [0.3, 0.4) is 0 Å². The molecule has 0 aromatic rings. The summed E-state index contributed by atoms with van der Waals surface area (Å²) in [6.07, 6.45) is 6.91. The first-order chi connectivity index (χ1) is 7.16. The lowest BCUT2D eigenvalue weighted by Gasteiger charge is -2.25. The molecule has 2 aliphatic rings. The van der Waals surface area contributed by atoms with E-state index in [1.807, 2.05) is 13.8 Å². The van der Waals surface area contributed by atoms with E-state index >= 15 is 0 Å². The summed E-state index contributed by atoms with van der Waals surface area (Å²) in [6, 6.07) is 0. The zero-order valence-corrected chi connectivity index (χ0v) is 10.6. The highest BCUT2D eigenvalue weighted by Crippen LogP contribution is 2.63. The first-order valence-corrected chi connectivity index (χ1v) is 6.25. The Balaban J connectivity index is 0.000000531. The van der Waals surface area contributed by atoms with Gasteiger partial charge in [0.25, 0.3) is 0 Å². The Morgan fingerprint density at radius 2 is 1.73 bits per heavy atom. The van der Waals surface area contributed by atoms with Gasteiger partial charge < -0.3 is 4.74 Å². The summed E-state index contributed by atoms with van der Waals surface area (Å²) in [4.78, 5) is 11.6. The summed E-state index contributed by atoms with van der Waals surface area (Å²) in [5, 5.41) is 0. The maximum atomic E-state index is 11.6. The average molecular weight is 212 g/mol. The second-order valence-corrected chi connectivity index (χ2v) is 4.80. The van der Waals surface area contributed by atoms with Crippen LogP contribution in [0.5, 0.6) is 0 Å². The van der Waals surface area contributed by atoms with Gasteiger partial charge in [-0.25, -0.2) is 0 Å². The number of fused-ring (bicyclic) bond motifs is 2. The Labute approximate surface area is 93.4 Å². The Kier molecular flexibility index (Phi) is 3.80. The van der Waals surface area contributed by atoms with E-state index in [0.717, 1.165) is 19.3 Å². The molecule has 2 rings (SSSR count). The van der Waals surface area contributed by atoms with Gasteiger partial charge in [-0.3, -0.25) is 4.79 Å². The lowest BCUT2D eigenvalue weighted by atomic mass is 9.81. The first-order valence-electron chi connectivity index (χ1n) is 6.25. The van der Waals surface area contributed by atoms with Gasteiger partial charge in [-0.1, -0.05) is 27.2 Å². The van der Waals surface area contributed by atoms with Gasteiger partial charge >= 0.3 is 5.97 Å². The summed E-state index contributed by atoms with van der Waals surface area (Å²) in [5.74, 6) is 0.0420. The smallest absolute Gasteiger partial charge is 0.311 e. The monoisotopic (exact) mass is 212 g/mol. The molecule has 0 amide bonds. The third-order valence-corrected chi connectivity index (χ3v) is 4.35. The van der Waals surface area contributed by atoms with Gasteiger partial charge in [-0.15, -0.1) is 0 Å². The van der Waals surface area contributed by atoms with E-state index in [0.29, 0.717) is 5.41 Å². The van der Waals surface area contributed by atoms with Crippen molar-refractivity contribution >= 4 is 5.97 Å². The molecule has 0 N–H and O–H groups in total. The molecule has 2 nitrogen and oxygen atoms in total. The maximum Gasteiger partial charge on any atom is 0.311 e. The Morgan fingerprint density at radius 1 is 1.20 bits per heavy atom. The minimum absolute atomic E-state index is 0.0420. The molecule has 0 spiro atoms. The topological polar surface area (TPSA) is 26.3 Å². The number of carbonyl (C=O) groups is 1. The van der Waals surface area contributed by atoms with E-state index < -0.39 is 0 Å². The normalized spacial score (nSPS) is 37.1. The summed E-state index contributed by atoms with van der Waals surface area (Å²) < 4.78 is 4.91. The number of esters is 1. The Hall–Kier alpha value is -0.530. The van der Waals surface area contributed by atoms with Crippen LogP contribution >= 0.6 is 0 Å². The Bertz CT molecular complexity index is 225. The minimum Gasteiger partial charge on any atom is -0.469 e. The standard InChI is InChI=1S/C11H18O2.C2H6/c1-3-10-4-6-11(8-10,7-5-10)9(12)13-2;1-2/h3-8H2,1-2H3;1-2H3. The SMILES string of the molecule is CC.CCC12CCC(C(=O)OC)(CC1)C2. The summed E-state index contributed by atoms with van der Waals surface area (Å²) in [6.45, 7) is 6.25. The second kappa shape index (κ2) is 4.54. The zero-order chi connectivity index (χ0) is 11.5. The van der Waals surface area contributed by atoms with Crippen LogP contribution in [-0.2, 0) is 9.53 Å². The maximum absolute atomic E-state index is 11.6. The van der Waals surface area contributed by atoms with Crippen LogP contribution in [0.25, 0.3) is 0 Å². The van der Waals surface area contributed by atoms with Crippen molar-refractivity contribution in [2.45, 2.75) is 59.3 Å².